The molecule has 0 saturated heterocycles. The molecule has 6 heteroatoms. The predicted octanol–water partition coefficient (Wildman–Crippen LogP) is 0.278. The summed E-state index contributed by atoms with van der Waals surface area (Å²) >= 11 is 0. The Labute approximate surface area is 88.0 Å². The number of nitrogens with two attached hydrogens (primary N) is 2. The Morgan fingerprint density at radius 1 is 1.33 bits per heavy atom. The maximum Gasteiger partial charge on any atom is 0.223 e. The fourth-order valence-corrected chi connectivity index (χ4v) is 1.77. The number of hydrogen-bond acceptors (Lipinski definition) is 4. The van der Waals surface area contributed by atoms with Gasteiger partial charge in [0.25, 0.3) is 0 Å². The van der Waals surface area contributed by atoms with Crippen LogP contribution < -0.4 is 16.5 Å². The average Bonchev–Trinajstić information content (AvgIpc) is 2.74. The molecule has 0 radical (unpaired) electrons. The van der Waals surface area contributed by atoms with Gasteiger partial charge in [0, 0.05) is 19.3 Å². The van der Waals surface area contributed by atoms with Crippen molar-refractivity contribution in [1.82, 2.24) is 14.3 Å². The zero-order valence-corrected chi connectivity index (χ0v) is 9.01. The fraction of sp³-hybridized carbons (Fsp3) is 0.444. The molecule has 0 aromatic carbocycles. The van der Waals surface area contributed by atoms with Gasteiger partial charge in [0.2, 0.25) is 5.95 Å². The van der Waals surface area contributed by atoms with Gasteiger partial charge in [-0.1, -0.05) is 0 Å². The summed E-state index contributed by atoms with van der Waals surface area (Å²) in [5.41, 5.74) is 12.4. The van der Waals surface area contributed by atoms with Crippen molar-refractivity contribution in [1.29, 1.82) is 0 Å². The van der Waals surface area contributed by atoms with Gasteiger partial charge in [-0.25, -0.2) is 0 Å². The summed E-state index contributed by atoms with van der Waals surface area (Å²) in [4.78, 5) is 5.97. The van der Waals surface area contributed by atoms with Gasteiger partial charge in [-0.3, -0.25) is 5.01 Å². The van der Waals surface area contributed by atoms with E-state index in [1.807, 2.05) is 21.6 Å². The predicted molar refractivity (Wildman–Crippen MR) is 61.3 cm³/mol. The van der Waals surface area contributed by atoms with Crippen molar-refractivity contribution in [3.8, 4) is 0 Å². The van der Waals surface area contributed by atoms with Gasteiger partial charge >= 0.3 is 0 Å². The molecule has 0 fully saturated rings. The van der Waals surface area contributed by atoms with Crippen LogP contribution in [-0.4, -0.2) is 27.4 Å². The van der Waals surface area contributed by atoms with E-state index in [9.17, 15) is 0 Å². The lowest BCUT2D eigenvalue weighted by atomic mass is 10.5. The van der Waals surface area contributed by atoms with Gasteiger partial charge in [-0.15, -0.1) is 0 Å². The van der Waals surface area contributed by atoms with Gasteiger partial charge in [0.1, 0.15) is 5.52 Å². The first-order valence-electron chi connectivity index (χ1n) is 5.05. The zero-order valence-electron chi connectivity index (χ0n) is 9.01. The fourth-order valence-electron chi connectivity index (χ4n) is 1.77. The van der Waals surface area contributed by atoms with Gasteiger partial charge < -0.3 is 11.5 Å². The minimum atomic E-state index is 0.416. The molecule has 2 heterocycles. The molecule has 0 saturated carbocycles. The Hall–Kier alpha value is -1.85. The summed E-state index contributed by atoms with van der Waals surface area (Å²) in [6.07, 6.45) is 1.94. The van der Waals surface area contributed by atoms with E-state index in [0.717, 1.165) is 18.6 Å². The quantitative estimate of drug-likeness (QED) is 0.759. The van der Waals surface area contributed by atoms with Gasteiger partial charge in [0.05, 0.1) is 0 Å². The number of hydrogen-bond donors (Lipinski definition) is 2. The molecule has 0 aliphatic heterocycles. The Morgan fingerprint density at radius 3 is 2.60 bits per heavy atom. The van der Waals surface area contributed by atoms with Gasteiger partial charge in [-0.2, -0.15) is 14.3 Å². The summed E-state index contributed by atoms with van der Waals surface area (Å²) in [5.74, 6) is 0.887. The van der Waals surface area contributed by atoms with Crippen molar-refractivity contribution >= 4 is 17.3 Å². The third-order valence-corrected chi connectivity index (χ3v) is 2.53. The smallest absolute Gasteiger partial charge is 0.223 e. The van der Waals surface area contributed by atoms with Crippen molar-refractivity contribution in [2.75, 3.05) is 29.6 Å². The van der Waals surface area contributed by atoms with Gasteiger partial charge in [0.15, 0.2) is 5.82 Å². The third-order valence-electron chi connectivity index (χ3n) is 2.53. The van der Waals surface area contributed by atoms with E-state index in [1.165, 1.54) is 0 Å². The van der Waals surface area contributed by atoms with Crippen LogP contribution in [0.1, 0.15) is 13.8 Å². The molecule has 0 amide bonds. The zero-order chi connectivity index (χ0) is 11.0. The largest absolute Gasteiger partial charge is 0.382 e. The van der Waals surface area contributed by atoms with E-state index in [1.54, 1.807) is 0 Å². The third kappa shape index (κ3) is 1.29. The topological polar surface area (TPSA) is 77.5 Å². The summed E-state index contributed by atoms with van der Waals surface area (Å²) in [6, 6.07) is 1.91. The number of aromatic nitrogens is 3. The first-order chi connectivity index (χ1) is 7.19. The number of fused-ring (bicyclic) bond motifs is 1. The molecule has 2 rings (SSSR count). The second kappa shape index (κ2) is 3.38. The molecule has 0 aliphatic carbocycles. The SMILES string of the molecule is CCN(CC)n1ccc2c(N)nc(N)n21. The highest BCUT2D eigenvalue weighted by atomic mass is 15.7. The summed E-state index contributed by atoms with van der Waals surface area (Å²) in [6.45, 7) is 5.98. The van der Waals surface area contributed by atoms with E-state index in [-0.39, 0.29) is 0 Å². The van der Waals surface area contributed by atoms with Crippen LogP contribution in [-0.2, 0) is 0 Å². The number of rotatable bonds is 3. The molecular formula is C9H16N6. The molecule has 0 bridgehead atoms. The lowest BCUT2D eigenvalue weighted by Crippen LogP contribution is -2.36. The number of nitrogen functional groups attached to an aromatic ring is 2. The first kappa shape index (κ1) is 9.70. The molecule has 2 aromatic heterocycles. The average molecular weight is 208 g/mol. The Balaban J connectivity index is 2.61. The molecule has 0 unspecified atom stereocenters. The second-order valence-electron chi connectivity index (χ2n) is 3.33. The van der Waals surface area contributed by atoms with Gasteiger partial charge in [-0.05, 0) is 19.9 Å². The van der Waals surface area contributed by atoms with Crippen molar-refractivity contribution in [3.63, 3.8) is 0 Å². The van der Waals surface area contributed by atoms with Crippen LogP contribution in [0.15, 0.2) is 12.3 Å². The Kier molecular flexibility index (Phi) is 2.18. The minimum absolute atomic E-state index is 0.416. The summed E-state index contributed by atoms with van der Waals surface area (Å²) in [5, 5.41) is 2.13. The molecule has 15 heavy (non-hydrogen) atoms. The van der Waals surface area contributed by atoms with Crippen molar-refractivity contribution in [2.24, 2.45) is 0 Å². The standard InChI is InChI=1S/C9H16N6/c1-3-13(4-2)14-6-5-7-8(10)12-9(11)15(7)14/h5-6H,3-4,10H2,1-2H3,(H2,11,12). The molecule has 4 N–H and O–H groups in total. The first-order valence-corrected chi connectivity index (χ1v) is 5.05. The maximum atomic E-state index is 5.79. The van der Waals surface area contributed by atoms with E-state index in [4.69, 9.17) is 11.5 Å². The maximum absolute atomic E-state index is 5.79. The molecule has 2 aromatic rings. The van der Waals surface area contributed by atoms with Crippen molar-refractivity contribution in [2.45, 2.75) is 13.8 Å². The van der Waals surface area contributed by atoms with E-state index < -0.39 is 0 Å². The molecule has 82 valence electrons. The molecular weight excluding hydrogens is 192 g/mol. The molecule has 0 spiro atoms. The molecule has 0 atom stereocenters. The second-order valence-corrected chi connectivity index (χ2v) is 3.33. The van der Waals surface area contributed by atoms with Crippen LogP contribution in [0, 0.1) is 0 Å². The van der Waals surface area contributed by atoms with E-state index in [0.29, 0.717) is 11.8 Å². The Bertz CT molecular complexity index is 464. The van der Waals surface area contributed by atoms with E-state index >= 15 is 0 Å². The van der Waals surface area contributed by atoms with Crippen LogP contribution in [0.2, 0.25) is 0 Å². The Morgan fingerprint density at radius 2 is 2.00 bits per heavy atom. The van der Waals surface area contributed by atoms with Crippen LogP contribution >= 0.6 is 0 Å². The van der Waals surface area contributed by atoms with Crippen LogP contribution in [0.3, 0.4) is 0 Å². The lowest BCUT2D eigenvalue weighted by molar-refractivity contribution is 0.533. The van der Waals surface area contributed by atoms with Crippen LogP contribution in [0.5, 0.6) is 0 Å². The summed E-state index contributed by atoms with van der Waals surface area (Å²) in [7, 11) is 0. The van der Waals surface area contributed by atoms with Crippen LogP contribution in [0.4, 0.5) is 11.8 Å². The summed E-state index contributed by atoms with van der Waals surface area (Å²) < 4.78 is 1.81. The number of anilines is 2. The van der Waals surface area contributed by atoms with Crippen LogP contribution in [0.25, 0.3) is 5.52 Å². The highest BCUT2D eigenvalue weighted by molar-refractivity contribution is 5.69. The highest BCUT2D eigenvalue weighted by Gasteiger charge is 2.12. The number of nitrogens with zero attached hydrogens (tertiary/aromatic N) is 4. The minimum Gasteiger partial charge on any atom is -0.382 e. The highest BCUT2D eigenvalue weighted by Crippen LogP contribution is 2.17. The normalized spacial score (nSPS) is 11.1. The van der Waals surface area contributed by atoms with Crippen molar-refractivity contribution < 1.29 is 0 Å². The molecule has 0 aliphatic rings. The number of imidazole rings is 1. The van der Waals surface area contributed by atoms with E-state index in [2.05, 4.69) is 23.8 Å². The van der Waals surface area contributed by atoms with Crippen molar-refractivity contribution in [3.05, 3.63) is 12.3 Å². The monoisotopic (exact) mass is 208 g/mol. The molecule has 6 nitrogen and oxygen atoms in total. The lowest BCUT2D eigenvalue weighted by Gasteiger charge is -2.23.